The highest BCUT2D eigenvalue weighted by atomic mass is 19.2. The fourth-order valence-corrected chi connectivity index (χ4v) is 3.47. The zero-order chi connectivity index (χ0) is 22.0. The number of hydrogen-bond acceptors (Lipinski definition) is 2. The fourth-order valence-electron chi connectivity index (χ4n) is 3.47. The number of benzene rings is 3. The quantitative estimate of drug-likeness (QED) is 0.392. The van der Waals surface area contributed by atoms with Crippen molar-refractivity contribution < 1.29 is 22.4 Å². The second kappa shape index (κ2) is 8.60. The van der Waals surface area contributed by atoms with Crippen LogP contribution in [0, 0.1) is 23.3 Å². The van der Waals surface area contributed by atoms with Crippen LogP contribution < -0.4 is 4.90 Å². The van der Waals surface area contributed by atoms with Gasteiger partial charge in [0.05, 0.1) is 0 Å². The molecule has 0 unspecified atom stereocenters. The Bertz CT molecular complexity index is 1130. The van der Waals surface area contributed by atoms with Crippen LogP contribution in [0.4, 0.5) is 23.2 Å². The summed E-state index contributed by atoms with van der Waals surface area (Å²) in [6.07, 6.45) is 3.03. The van der Waals surface area contributed by atoms with Crippen LogP contribution in [0.5, 0.6) is 0 Å². The van der Waals surface area contributed by atoms with Crippen molar-refractivity contribution >= 4 is 23.6 Å². The average molecular weight is 423 g/mol. The van der Waals surface area contributed by atoms with Gasteiger partial charge < -0.3 is 4.90 Å². The number of Topliss-reactive ketones (excluding diaryl/α,β-unsaturated/α-hetero) is 1. The van der Waals surface area contributed by atoms with Gasteiger partial charge in [-0.2, -0.15) is 0 Å². The van der Waals surface area contributed by atoms with Crippen LogP contribution in [0.3, 0.4) is 0 Å². The Kier molecular flexibility index (Phi) is 5.71. The summed E-state index contributed by atoms with van der Waals surface area (Å²) in [5.74, 6) is -4.24. The molecule has 0 atom stereocenters. The first-order valence-corrected chi connectivity index (χ1v) is 9.56. The maximum absolute atomic E-state index is 13.6. The molecule has 31 heavy (non-hydrogen) atoms. The van der Waals surface area contributed by atoms with Crippen LogP contribution in [-0.4, -0.2) is 18.9 Å². The molecule has 0 amide bonds. The molecule has 3 aromatic carbocycles. The number of rotatable bonds is 3. The lowest BCUT2D eigenvalue weighted by Crippen LogP contribution is -2.37. The van der Waals surface area contributed by atoms with Gasteiger partial charge in [0.15, 0.2) is 29.1 Å². The zero-order valence-electron chi connectivity index (χ0n) is 16.3. The molecule has 0 bridgehead atoms. The summed E-state index contributed by atoms with van der Waals surface area (Å²) in [5.41, 5.74) is 2.31. The highest BCUT2D eigenvalue weighted by molar-refractivity contribution is 6.15. The van der Waals surface area contributed by atoms with Crippen molar-refractivity contribution in [2.75, 3.05) is 18.0 Å². The second-order valence-corrected chi connectivity index (χ2v) is 7.21. The Balaban J connectivity index is 1.76. The predicted molar refractivity (Wildman–Crippen MR) is 112 cm³/mol. The normalized spacial score (nSPS) is 16.9. The van der Waals surface area contributed by atoms with E-state index in [0.717, 1.165) is 30.0 Å². The van der Waals surface area contributed by atoms with Crippen LogP contribution in [0.1, 0.15) is 11.1 Å². The Morgan fingerprint density at radius 1 is 0.645 bits per heavy atom. The molecule has 1 heterocycles. The molecule has 1 fully saturated rings. The van der Waals surface area contributed by atoms with Crippen molar-refractivity contribution in [2.45, 2.75) is 0 Å². The molecule has 1 aliphatic heterocycles. The molecular weight excluding hydrogens is 406 g/mol. The Hall–Kier alpha value is -3.67. The van der Waals surface area contributed by atoms with E-state index in [1.807, 2.05) is 35.2 Å². The SMILES string of the molecule is O=C1/C(=C/c2ccc(F)c(F)c2)CN(c2ccccc2)C/C1=C\c1ccc(F)c(F)c1. The number of para-hydroxylation sites is 1. The van der Waals surface area contributed by atoms with Crippen LogP contribution in [0.25, 0.3) is 12.2 Å². The number of carbonyl (C=O) groups is 1. The highest BCUT2D eigenvalue weighted by Gasteiger charge is 2.26. The van der Waals surface area contributed by atoms with Gasteiger partial charge >= 0.3 is 0 Å². The zero-order valence-corrected chi connectivity index (χ0v) is 16.3. The number of piperidine rings is 1. The molecule has 2 nitrogen and oxygen atoms in total. The molecule has 4 rings (SSSR count). The van der Waals surface area contributed by atoms with E-state index in [1.54, 1.807) is 0 Å². The maximum atomic E-state index is 13.6. The lowest BCUT2D eigenvalue weighted by molar-refractivity contribution is -0.112. The van der Waals surface area contributed by atoms with E-state index in [2.05, 4.69) is 0 Å². The highest BCUT2D eigenvalue weighted by Crippen LogP contribution is 2.27. The Labute approximate surface area is 176 Å². The molecule has 0 N–H and O–H groups in total. The van der Waals surface area contributed by atoms with Crippen molar-refractivity contribution in [2.24, 2.45) is 0 Å². The van der Waals surface area contributed by atoms with Crippen LogP contribution in [0.2, 0.25) is 0 Å². The minimum Gasteiger partial charge on any atom is -0.363 e. The molecule has 0 aromatic heterocycles. The maximum Gasteiger partial charge on any atom is 0.188 e. The van der Waals surface area contributed by atoms with Gasteiger partial charge in [0, 0.05) is 29.9 Å². The molecule has 6 heteroatoms. The summed E-state index contributed by atoms with van der Waals surface area (Å²) in [6.45, 7) is 0.522. The van der Waals surface area contributed by atoms with Crippen molar-refractivity contribution in [1.29, 1.82) is 0 Å². The van der Waals surface area contributed by atoms with Crippen molar-refractivity contribution in [3.63, 3.8) is 0 Å². The number of ketones is 1. The molecule has 0 saturated carbocycles. The Morgan fingerprint density at radius 2 is 1.13 bits per heavy atom. The summed E-state index contributed by atoms with van der Waals surface area (Å²) in [6, 6.07) is 16.2. The summed E-state index contributed by atoms with van der Waals surface area (Å²) in [5, 5.41) is 0. The molecule has 156 valence electrons. The first kappa shape index (κ1) is 20.6. The standard InChI is InChI=1S/C25H17F4NO/c26-21-8-6-16(12-23(21)28)10-18-14-30(20-4-2-1-3-5-20)15-19(25(18)31)11-17-7-9-22(27)24(29)13-17/h1-13H,14-15H2/b18-10+,19-11+. The molecule has 0 spiro atoms. The molecule has 1 saturated heterocycles. The van der Waals surface area contributed by atoms with Gasteiger partial charge in [-0.15, -0.1) is 0 Å². The summed E-state index contributed by atoms with van der Waals surface area (Å²) < 4.78 is 53.8. The molecule has 0 radical (unpaired) electrons. The topological polar surface area (TPSA) is 20.3 Å². The first-order valence-electron chi connectivity index (χ1n) is 9.56. The van der Waals surface area contributed by atoms with Gasteiger partial charge in [-0.1, -0.05) is 30.3 Å². The van der Waals surface area contributed by atoms with Crippen LogP contribution in [-0.2, 0) is 4.79 Å². The molecule has 1 aliphatic rings. The average Bonchev–Trinajstić information content (AvgIpc) is 2.76. The van der Waals surface area contributed by atoms with Gasteiger partial charge in [-0.05, 0) is 59.7 Å². The minimum absolute atomic E-state index is 0.261. The van der Waals surface area contributed by atoms with Crippen LogP contribution >= 0.6 is 0 Å². The van der Waals surface area contributed by atoms with Gasteiger partial charge in [0.2, 0.25) is 0 Å². The van der Waals surface area contributed by atoms with Gasteiger partial charge in [0.1, 0.15) is 0 Å². The van der Waals surface area contributed by atoms with E-state index in [0.29, 0.717) is 22.3 Å². The second-order valence-electron chi connectivity index (χ2n) is 7.21. The smallest absolute Gasteiger partial charge is 0.188 e. The van der Waals surface area contributed by atoms with E-state index >= 15 is 0 Å². The van der Waals surface area contributed by atoms with Crippen LogP contribution in [0.15, 0.2) is 77.9 Å². The third-order valence-corrected chi connectivity index (χ3v) is 5.00. The van der Waals surface area contributed by atoms with Crippen molar-refractivity contribution in [3.8, 4) is 0 Å². The summed E-state index contributed by atoms with van der Waals surface area (Å²) in [7, 11) is 0. The van der Waals surface area contributed by atoms with E-state index < -0.39 is 23.3 Å². The summed E-state index contributed by atoms with van der Waals surface area (Å²) >= 11 is 0. The predicted octanol–water partition coefficient (Wildman–Crippen LogP) is 5.80. The van der Waals surface area contributed by atoms with E-state index in [4.69, 9.17) is 0 Å². The lowest BCUT2D eigenvalue weighted by atomic mass is 9.93. The molecule has 3 aromatic rings. The van der Waals surface area contributed by atoms with Gasteiger partial charge in [0.25, 0.3) is 0 Å². The third-order valence-electron chi connectivity index (χ3n) is 5.00. The summed E-state index contributed by atoms with van der Waals surface area (Å²) in [4.78, 5) is 15.1. The first-order chi connectivity index (χ1) is 14.9. The molecule has 0 aliphatic carbocycles. The fraction of sp³-hybridized carbons (Fsp3) is 0.0800. The number of halogens is 4. The van der Waals surface area contributed by atoms with Crippen molar-refractivity contribution in [3.05, 3.63) is 112 Å². The Morgan fingerprint density at radius 3 is 1.58 bits per heavy atom. The van der Waals surface area contributed by atoms with Gasteiger partial charge in [-0.25, -0.2) is 17.6 Å². The van der Waals surface area contributed by atoms with Crippen molar-refractivity contribution in [1.82, 2.24) is 0 Å². The van der Waals surface area contributed by atoms with E-state index in [1.165, 1.54) is 24.3 Å². The van der Waals surface area contributed by atoms with E-state index in [9.17, 15) is 22.4 Å². The molecular formula is C25H17F4NO. The number of nitrogens with zero attached hydrogens (tertiary/aromatic N) is 1. The largest absolute Gasteiger partial charge is 0.363 e. The number of anilines is 1. The number of hydrogen-bond donors (Lipinski definition) is 0. The monoisotopic (exact) mass is 423 g/mol. The lowest BCUT2D eigenvalue weighted by Gasteiger charge is -2.31. The number of carbonyl (C=O) groups excluding carboxylic acids is 1. The van der Waals surface area contributed by atoms with E-state index in [-0.39, 0.29) is 18.9 Å². The third kappa shape index (κ3) is 4.58. The minimum atomic E-state index is -1.00. The van der Waals surface area contributed by atoms with Gasteiger partial charge in [-0.3, -0.25) is 4.79 Å².